The van der Waals surface area contributed by atoms with Crippen molar-refractivity contribution in [2.24, 2.45) is 5.41 Å². The fourth-order valence-corrected chi connectivity index (χ4v) is 3.02. The van der Waals surface area contributed by atoms with Gasteiger partial charge in [-0.05, 0) is 66.9 Å². The Morgan fingerprint density at radius 1 is 0.862 bits per heavy atom. The van der Waals surface area contributed by atoms with Gasteiger partial charge in [-0.15, -0.1) is 0 Å². The smallest absolute Gasteiger partial charge is 0.240 e. The third-order valence-corrected chi connectivity index (χ3v) is 4.91. The van der Waals surface area contributed by atoms with E-state index in [4.69, 9.17) is 4.74 Å². The Hall–Kier alpha value is -3.67. The molecule has 3 aromatic rings. The molecule has 0 aliphatic heterocycles. The second-order valence-electron chi connectivity index (χ2n) is 7.01. The van der Waals surface area contributed by atoms with Crippen LogP contribution in [0.3, 0.4) is 0 Å². The SMILES string of the molecule is O=C(NCc1ccncc1)C1(C(=O)Nc2ccc(Oc3ccccc3)cc2)CC1. The molecule has 0 spiro atoms. The molecule has 2 N–H and O–H groups in total. The van der Waals surface area contributed by atoms with Gasteiger partial charge in [-0.3, -0.25) is 14.6 Å². The predicted molar refractivity (Wildman–Crippen MR) is 109 cm³/mol. The summed E-state index contributed by atoms with van der Waals surface area (Å²) < 4.78 is 5.75. The Morgan fingerprint density at radius 2 is 1.52 bits per heavy atom. The van der Waals surface area contributed by atoms with Crippen LogP contribution >= 0.6 is 0 Å². The molecule has 0 bridgehead atoms. The summed E-state index contributed by atoms with van der Waals surface area (Å²) in [7, 11) is 0. The van der Waals surface area contributed by atoms with Gasteiger partial charge in [-0.25, -0.2) is 0 Å². The number of benzene rings is 2. The fourth-order valence-electron chi connectivity index (χ4n) is 3.02. The van der Waals surface area contributed by atoms with E-state index >= 15 is 0 Å². The first kappa shape index (κ1) is 18.7. The second-order valence-corrected chi connectivity index (χ2v) is 7.01. The van der Waals surface area contributed by atoms with Gasteiger partial charge in [0.05, 0.1) is 0 Å². The molecule has 0 radical (unpaired) electrons. The van der Waals surface area contributed by atoms with Gasteiger partial charge in [0.25, 0.3) is 0 Å². The minimum Gasteiger partial charge on any atom is -0.457 e. The molecular formula is C23H21N3O3. The number of rotatable bonds is 7. The highest BCUT2D eigenvalue weighted by molar-refractivity contribution is 6.13. The number of nitrogens with zero attached hydrogens (tertiary/aromatic N) is 1. The van der Waals surface area contributed by atoms with Crippen LogP contribution in [-0.4, -0.2) is 16.8 Å². The van der Waals surface area contributed by atoms with Crippen molar-refractivity contribution in [3.8, 4) is 11.5 Å². The van der Waals surface area contributed by atoms with Crippen molar-refractivity contribution in [1.29, 1.82) is 0 Å². The Labute approximate surface area is 168 Å². The van der Waals surface area contributed by atoms with E-state index in [2.05, 4.69) is 15.6 Å². The van der Waals surface area contributed by atoms with Crippen LogP contribution in [0.2, 0.25) is 0 Å². The third-order valence-electron chi connectivity index (χ3n) is 4.91. The Morgan fingerprint density at radius 3 is 2.17 bits per heavy atom. The Kier molecular flexibility index (Phi) is 5.24. The van der Waals surface area contributed by atoms with E-state index in [-0.39, 0.29) is 11.8 Å². The zero-order valence-corrected chi connectivity index (χ0v) is 15.8. The summed E-state index contributed by atoms with van der Waals surface area (Å²) in [5.41, 5.74) is 0.592. The molecule has 0 saturated heterocycles. The minimum atomic E-state index is -0.980. The topological polar surface area (TPSA) is 80.3 Å². The summed E-state index contributed by atoms with van der Waals surface area (Å²) in [5.74, 6) is 0.898. The highest BCUT2D eigenvalue weighted by Crippen LogP contribution is 2.47. The molecular weight excluding hydrogens is 366 g/mol. The van der Waals surface area contributed by atoms with Gasteiger partial charge in [-0.2, -0.15) is 0 Å². The first-order valence-electron chi connectivity index (χ1n) is 9.47. The van der Waals surface area contributed by atoms with Gasteiger partial charge in [0.1, 0.15) is 16.9 Å². The molecule has 1 aliphatic rings. The molecule has 1 aromatic heterocycles. The maximum atomic E-state index is 12.7. The maximum Gasteiger partial charge on any atom is 0.240 e. The lowest BCUT2D eigenvalue weighted by atomic mass is 10.0. The quantitative estimate of drug-likeness (QED) is 0.603. The van der Waals surface area contributed by atoms with Crippen molar-refractivity contribution < 1.29 is 14.3 Å². The van der Waals surface area contributed by atoms with E-state index in [0.717, 1.165) is 11.3 Å². The number of hydrogen-bond donors (Lipinski definition) is 2. The number of pyridine rings is 1. The van der Waals surface area contributed by atoms with Gasteiger partial charge in [0.2, 0.25) is 11.8 Å². The largest absolute Gasteiger partial charge is 0.457 e. The zero-order valence-electron chi connectivity index (χ0n) is 15.8. The van der Waals surface area contributed by atoms with Gasteiger partial charge < -0.3 is 15.4 Å². The number of anilines is 1. The Balaban J connectivity index is 1.34. The summed E-state index contributed by atoms with van der Waals surface area (Å²) in [6, 6.07) is 20.2. The number of ether oxygens (including phenoxy) is 1. The second kappa shape index (κ2) is 8.14. The molecule has 4 rings (SSSR count). The molecule has 1 saturated carbocycles. The summed E-state index contributed by atoms with van der Waals surface area (Å²) in [4.78, 5) is 29.2. The van der Waals surface area contributed by atoms with Crippen LogP contribution in [0.4, 0.5) is 5.69 Å². The standard InChI is InChI=1S/C23H21N3O3/c27-21(25-16-17-10-14-24-15-11-17)23(12-13-23)22(28)26-18-6-8-20(9-7-18)29-19-4-2-1-3-5-19/h1-11,14-15H,12-13,16H2,(H,25,27)(H,26,28). The van der Waals surface area contributed by atoms with E-state index in [1.807, 2.05) is 42.5 Å². The highest BCUT2D eigenvalue weighted by atomic mass is 16.5. The highest BCUT2D eigenvalue weighted by Gasteiger charge is 2.56. The van der Waals surface area contributed by atoms with E-state index in [0.29, 0.717) is 30.8 Å². The fraction of sp³-hybridized carbons (Fsp3) is 0.174. The van der Waals surface area contributed by atoms with Crippen molar-refractivity contribution >= 4 is 17.5 Å². The number of nitrogens with one attached hydrogen (secondary N) is 2. The van der Waals surface area contributed by atoms with Gasteiger partial charge in [0.15, 0.2) is 0 Å². The summed E-state index contributed by atoms with van der Waals surface area (Å²) >= 11 is 0. The van der Waals surface area contributed by atoms with Crippen molar-refractivity contribution in [3.63, 3.8) is 0 Å². The lowest BCUT2D eigenvalue weighted by Gasteiger charge is -2.16. The van der Waals surface area contributed by atoms with Crippen LogP contribution in [0.15, 0.2) is 79.1 Å². The first-order chi connectivity index (χ1) is 14.2. The third kappa shape index (κ3) is 4.43. The average Bonchev–Trinajstić information content (AvgIpc) is 3.57. The van der Waals surface area contributed by atoms with Gasteiger partial charge in [-0.1, -0.05) is 18.2 Å². The van der Waals surface area contributed by atoms with Crippen LogP contribution in [0.25, 0.3) is 0 Å². The zero-order chi connectivity index (χ0) is 20.1. The first-order valence-corrected chi connectivity index (χ1v) is 9.47. The van der Waals surface area contributed by atoms with Crippen molar-refractivity contribution in [3.05, 3.63) is 84.7 Å². The molecule has 1 heterocycles. The molecule has 29 heavy (non-hydrogen) atoms. The lowest BCUT2D eigenvalue weighted by molar-refractivity contribution is -0.134. The predicted octanol–water partition coefficient (Wildman–Crippen LogP) is 3.91. The molecule has 146 valence electrons. The molecule has 1 fully saturated rings. The van der Waals surface area contributed by atoms with E-state index in [1.165, 1.54) is 0 Å². The number of amides is 2. The summed E-state index contributed by atoms with van der Waals surface area (Å²) in [6.07, 6.45) is 4.45. The van der Waals surface area contributed by atoms with E-state index < -0.39 is 5.41 Å². The monoisotopic (exact) mass is 387 g/mol. The lowest BCUT2D eigenvalue weighted by Crippen LogP contribution is -2.39. The molecule has 6 heteroatoms. The van der Waals surface area contributed by atoms with Crippen LogP contribution in [0.5, 0.6) is 11.5 Å². The van der Waals surface area contributed by atoms with Crippen LogP contribution in [0, 0.1) is 5.41 Å². The molecule has 2 aromatic carbocycles. The molecule has 0 atom stereocenters. The van der Waals surface area contributed by atoms with Crippen LogP contribution in [0.1, 0.15) is 18.4 Å². The number of hydrogen-bond acceptors (Lipinski definition) is 4. The number of carbonyl (C=O) groups excluding carboxylic acids is 2. The Bertz CT molecular complexity index is 985. The van der Waals surface area contributed by atoms with Crippen LogP contribution < -0.4 is 15.4 Å². The summed E-state index contributed by atoms with van der Waals surface area (Å²) in [6.45, 7) is 0.377. The van der Waals surface area contributed by atoms with E-state index in [1.54, 1.807) is 36.7 Å². The maximum absolute atomic E-state index is 12.7. The van der Waals surface area contributed by atoms with Crippen molar-refractivity contribution in [2.45, 2.75) is 19.4 Å². The average molecular weight is 387 g/mol. The normalized spacial score (nSPS) is 13.9. The minimum absolute atomic E-state index is 0.240. The van der Waals surface area contributed by atoms with Crippen molar-refractivity contribution in [2.75, 3.05) is 5.32 Å². The van der Waals surface area contributed by atoms with E-state index in [9.17, 15) is 9.59 Å². The van der Waals surface area contributed by atoms with Gasteiger partial charge >= 0.3 is 0 Å². The molecule has 2 amide bonds. The number of carbonyl (C=O) groups is 2. The number of para-hydroxylation sites is 1. The number of aromatic nitrogens is 1. The van der Waals surface area contributed by atoms with Crippen LogP contribution in [-0.2, 0) is 16.1 Å². The molecule has 6 nitrogen and oxygen atoms in total. The summed E-state index contributed by atoms with van der Waals surface area (Å²) in [5, 5.41) is 5.71. The van der Waals surface area contributed by atoms with Gasteiger partial charge in [0, 0.05) is 24.6 Å². The molecule has 1 aliphatic carbocycles. The molecule has 0 unspecified atom stereocenters. The van der Waals surface area contributed by atoms with Crippen molar-refractivity contribution in [1.82, 2.24) is 10.3 Å².